The van der Waals surface area contributed by atoms with Crippen molar-refractivity contribution in [1.29, 1.82) is 0 Å². The lowest BCUT2D eigenvalue weighted by Gasteiger charge is -2.19. The molecular formula is C20H25NO2S. The van der Waals surface area contributed by atoms with E-state index in [0.717, 1.165) is 29.1 Å². The van der Waals surface area contributed by atoms with Crippen LogP contribution in [0.2, 0.25) is 0 Å². The van der Waals surface area contributed by atoms with Crippen LogP contribution in [-0.4, -0.2) is 18.8 Å². The number of methoxy groups -OCH3 is 1. The highest BCUT2D eigenvalue weighted by Gasteiger charge is 2.14. The van der Waals surface area contributed by atoms with Crippen molar-refractivity contribution in [2.45, 2.75) is 37.6 Å². The van der Waals surface area contributed by atoms with Crippen LogP contribution >= 0.6 is 11.8 Å². The molecule has 0 heterocycles. The van der Waals surface area contributed by atoms with Crippen molar-refractivity contribution < 1.29 is 9.53 Å². The number of benzene rings is 2. The number of rotatable bonds is 8. The van der Waals surface area contributed by atoms with Gasteiger partial charge in [-0.3, -0.25) is 4.79 Å². The Hall–Kier alpha value is -1.94. The topological polar surface area (TPSA) is 38.3 Å². The molecule has 0 aromatic heterocycles. The maximum Gasteiger partial charge on any atom is 0.221 e. The largest absolute Gasteiger partial charge is 0.496 e. The van der Waals surface area contributed by atoms with Gasteiger partial charge in [-0.25, -0.2) is 0 Å². The van der Waals surface area contributed by atoms with E-state index in [-0.39, 0.29) is 11.9 Å². The summed E-state index contributed by atoms with van der Waals surface area (Å²) >= 11 is 1.71. The van der Waals surface area contributed by atoms with E-state index in [2.05, 4.69) is 30.4 Å². The number of amides is 1. The van der Waals surface area contributed by atoms with Gasteiger partial charge in [0.2, 0.25) is 5.91 Å². The summed E-state index contributed by atoms with van der Waals surface area (Å²) in [5.41, 5.74) is 2.21. The molecule has 1 amide bonds. The maximum atomic E-state index is 12.2. The summed E-state index contributed by atoms with van der Waals surface area (Å²) in [7, 11) is 1.67. The van der Waals surface area contributed by atoms with Gasteiger partial charge in [-0.15, -0.1) is 11.8 Å². The lowest BCUT2D eigenvalue weighted by atomic mass is 10.0. The molecule has 2 aromatic rings. The van der Waals surface area contributed by atoms with Crippen LogP contribution in [0.1, 0.15) is 36.9 Å². The minimum absolute atomic E-state index is 0.0452. The molecule has 0 saturated heterocycles. The molecule has 1 atom stereocenters. The molecule has 2 rings (SSSR count). The van der Waals surface area contributed by atoms with Crippen molar-refractivity contribution in [2.75, 3.05) is 12.9 Å². The average Bonchev–Trinajstić information content (AvgIpc) is 2.60. The van der Waals surface area contributed by atoms with Gasteiger partial charge >= 0.3 is 0 Å². The van der Waals surface area contributed by atoms with Gasteiger partial charge in [0.1, 0.15) is 5.75 Å². The van der Waals surface area contributed by atoms with Crippen LogP contribution in [0.15, 0.2) is 53.4 Å². The predicted molar refractivity (Wildman–Crippen MR) is 101 cm³/mol. The van der Waals surface area contributed by atoms with Gasteiger partial charge in [0, 0.05) is 17.1 Å². The fraction of sp³-hybridized carbons (Fsp3) is 0.350. The third-order valence-electron chi connectivity index (χ3n) is 3.91. The van der Waals surface area contributed by atoms with Gasteiger partial charge in [0.05, 0.1) is 13.2 Å². The summed E-state index contributed by atoms with van der Waals surface area (Å²) in [6.45, 7) is 4.11. The lowest BCUT2D eigenvalue weighted by molar-refractivity contribution is -0.121. The SMILES string of the molecule is CCC(NC(=O)CCSc1ccccc1)c1ccc(OC)c(C)c1. The second kappa shape index (κ2) is 9.38. The van der Waals surface area contributed by atoms with E-state index in [4.69, 9.17) is 4.74 Å². The summed E-state index contributed by atoms with van der Waals surface area (Å²) in [6.07, 6.45) is 1.38. The minimum Gasteiger partial charge on any atom is -0.496 e. The zero-order valence-electron chi connectivity index (χ0n) is 14.5. The third kappa shape index (κ3) is 5.31. The number of carbonyl (C=O) groups is 1. The van der Waals surface area contributed by atoms with Crippen molar-refractivity contribution >= 4 is 17.7 Å². The van der Waals surface area contributed by atoms with Gasteiger partial charge in [0.15, 0.2) is 0 Å². The van der Waals surface area contributed by atoms with E-state index < -0.39 is 0 Å². The first kappa shape index (κ1) is 18.4. The number of hydrogen-bond acceptors (Lipinski definition) is 3. The zero-order valence-corrected chi connectivity index (χ0v) is 15.4. The van der Waals surface area contributed by atoms with Crippen LogP contribution in [0.3, 0.4) is 0 Å². The molecule has 0 bridgehead atoms. The normalized spacial score (nSPS) is 11.8. The number of nitrogens with one attached hydrogen (secondary N) is 1. The Bertz CT molecular complexity index is 658. The van der Waals surface area contributed by atoms with Crippen molar-refractivity contribution in [3.63, 3.8) is 0 Å². The Kier molecular flexibility index (Phi) is 7.19. The fourth-order valence-electron chi connectivity index (χ4n) is 2.58. The van der Waals surface area contributed by atoms with Crippen LogP contribution in [-0.2, 0) is 4.79 Å². The van der Waals surface area contributed by atoms with E-state index in [1.165, 1.54) is 4.90 Å². The standard InChI is InChI=1S/C20H25NO2S/c1-4-18(16-10-11-19(23-3)15(2)14-16)21-20(22)12-13-24-17-8-6-5-7-9-17/h5-11,14,18H,4,12-13H2,1-3H3,(H,21,22). The molecule has 0 saturated carbocycles. The summed E-state index contributed by atoms with van der Waals surface area (Å²) in [4.78, 5) is 13.4. The molecular weight excluding hydrogens is 318 g/mol. The molecule has 0 spiro atoms. The molecule has 4 heteroatoms. The molecule has 0 aliphatic rings. The highest BCUT2D eigenvalue weighted by atomic mass is 32.2. The van der Waals surface area contributed by atoms with E-state index >= 15 is 0 Å². The Morgan fingerprint density at radius 2 is 1.96 bits per heavy atom. The third-order valence-corrected chi connectivity index (χ3v) is 4.92. The van der Waals surface area contributed by atoms with E-state index in [0.29, 0.717) is 6.42 Å². The molecule has 128 valence electrons. The maximum absolute atomic E-state index is 12.2. The average molecular weight is 343 g/mol. The molecule has 0 aliphatic heterocycles. The molecule has 2 aromatic carbocycles. The monoisotopic (exact) mass is 343 g/mol. The van der Waals surface area contributed by atoms with Crippen LogP contribution < -0.4 is 10.1 Å². The molecule has 0 radical (unpaired) electrons. The molecule has 0 fully saturated rings. The molecule has 3 nitrogen and oxygen atoms in total. The summed E-state index contributed by atoms with van der Waals surface area (Å²) in [6, 6.07) is 16.3. The smallest absolute Gasteiger partial charge is 0.221 e. The number of hydrogen-bond donors (Lipinski definition) is 1. The number of aryl methyl sites for hydroxylation is 1. The van der Waals surface area contributed by atoms with E-state index in [1.807, 2.05) is 37.3 Å². The fourth-order valence-corrected chi connectivity index (χ4v) is 3.46. The van der Waals surface area contributed by atoms with Gasteiger partial charge < -0.3 is 10.1 Å². The number of ether oxygens (including phenoxy) is 1. The first-order valence-corrected chi connectivity index (χ1v) is 9.24. The van der Waals surface area contributed by atoms with Crippen molar-refractivity contribution in [1.82, 2.24) is 5.32 Å². The molecule has 0 aliphatic carbocycles. The highest BCUT2D eigenvalue weighted by Crippen LogP contribution is 2.24. The van der Waals surface area contributed by atoms with Crippen LogP contribution in [0.4, 0.5) is 0 Å². The first-order chi connectivity index (χ1) is 11.6. The molecule has 1 N–H and O–H groups in total. The van der Waals surface area contributed by atoms with Crippen LogP contribution in [0.5, 0.6) is 5.75 Å². The molecule has 24 heavy (non-hydrogen) atoms. The lowest BCUT2D eigenvalue weighted by Crippen LogP contribution is -2.28. The van der Waals surface area contributed by atoms with Crippen molar-refractivity contribution in [3.05, 3.63) is 59.7 Å². The Labute approximate surface area is 148 Å². The van der Waals surface area contributed by atoms with Gasteiger partial charge in [0.25, 0.3) is 0 Å². The zero-order chi connectivity index (χ0) is 17.4. The number of carbonyl (C=O) groups excluding carboxylic acids is 1. The minimum atomic E-state index is 0.0452. The van der Waals surface area contributed by atoms with Crippen LogP contribution in [0, 0.1) is 6.92 Å². The van der Waals surface area contributed by atoms with Crippen LogP contribution in [0.25, 0.3) is 0 Å². The Balaban J connectivity index is 1.87. The van der Waals surface area contributed by atoms with E-state index in [9.17, 15) is 4.79 Å². The van der Waals surface area contributed by atoms with E-state index in [1.54, 1.807) is 18.9 Å². The predicted octanol–water partition coefficient (Wildman–Crippen LogP) is 4.75. The quantitative estimate of drug-likeness (QED) is 0.703. The number of thioether (sulfide) groups is 1. The van der Waals surface area contributed by atoms with Gasteiger partial charge in [-0.2, -0.15) is 0 Å². The summed E-state index contributed by atoms with van der Waals surface area (Å²) in [5.74, 6) is 1.76. The van der Waals surface area contributed by atoms with Gasteiger partial charge in [-0.05, 0) is 42.7 Å². The summed E-state index contributed by atoms with van der Waals surface area (Å²) < 4.78 is 5.30. The second-order valence-corrected chi connectivity index (χ2v) is 6.84. The second-order valence-electron chi connectivity index (χ2n) is 5.67. The van der Waals surface area contributed by atoms with Crippen molar-refractivity contribution in [3.8, 4) is 5.75 Å². The highest BCUT2D eigenvalue weighted by molar-refractivity contribution is 7.99. The Morgan fingerprint density at radius 3 is 2.58 bits per heavy atom. The molecule has 1 unspecified atom stereocenters. The van der Waals surface area contributed by atoms with Gasteiger partial charge in [-0.1, -0.05) is 37.3 Å². The Morgan fingerprint density at radius 1 is 1.21 bits per heavy atom. The first-order valence-electron chi connectivity index (χ1n) is 8.25. The summed E-state index contributed by atoms with van der Waals surface area (Å²) in [5, 5.41) is 3.14. The van der Waals surface area contributed by atoms with Crippen molar-refractivity contribution in [2.24, 2.45) is 0 Å².